The molecule has 2 saturated heterocycles. The second-order valence-corrected chi connectivity index (χ2v) is 8.32. The number of nitrogens with one attached hydrogen (secondary N) is 1. The van der Waals surface area contributed by atoms with Gasteiger partial charge in [-0.15, -0.1) is 0 Å². The first-order valence-electron chi connectivity index (χ1n) is 9.99. The Labute approximate surface area is 176 Å². The van der Waals surface area contributed by atoms with E-state index in [0.29, 0.717) is 28.8 Å². The van der Waals surface area contributed by atoms with Crippen LogP contribution in [-0.4, -0.2) is 71.9 Å². The Morgan fingerprint density at radius 2 is 1.82 bits per heavy atom. The fourth-order valence-electron chi connectivity index (χ4n) is 3.87. The predicted molar refractivity (Wildman–Crippen MR) is 113 cm³/mol. The number of nitrogens with zero attached hydrogens (tertiary/aromatic N) is 3. The molecule has 2 heterocycles. The number of amides is 3. The number of rotatable bonds is 5. The van der Waals surface area contributed by atoms with E-state index in [0.717, 1.165) is 19.5 Å². The van der Waals surface area contributed by atoms with Crippen LogP contribution in [-0.2, 0) is 4.79 Å². The lowest BCUT2D eigenvalue weighted by atomic mass is 10.1. The van der Waals surface area contributed by atoms with E-state index in [2.05, 4.69) is 10.2 Å². The highest BCUT2D eigenvalue weighted by Gasteiger charge is 2.34. The molecule has 154 valence electrons. The van der Waals surface area contributed by atoms with Crippen LogP contribution in [0.4, 0.5) is 10.5 Å². The fraction of sp³-hybridized carbons (Fsp3) is 0.600. The van der Waals surface area contributed by atoms with E-state index in [9.17, 15) is 9.59 Å². The molecule has 0 bridgehead atoms. The van der Waals surface area contributed by atoms with Gasteiger partial charge < -0.3 is 20.0 Å². The lowest BCUT2D eigenvalue weighted by molar-refractivity contribution is -0.139. The molecular weight excluding hydrogens is 399 g/mol. The average molecular weight is 427 g/mol. The van der Waals surface area contributed by atoms with Crippen molar-refractivity contribution < 1.29 is 9.59 Å². The second kappa shape index (κ2) is 9.81. The smallest absolute Gasteiger partial charge is 0.322 e. The number of halogens is 2. The summed E-state index contributed by atoms with van der Waals surface area (Å²) in [6, 6.07) is 4.15. The van der Waals surface area contributed by atoms with Gasteiger partial charge in [0.05, 0.1) is 10.0 Å². The van der Waals surface area contributed by atoms with Gasteiger partial charge in [-0.2, -0.15) is 0 Å². The van der Waals surface area contributed by atoms with Crippen LogP contribution in [0.15, 0.2) is 18.2 Å². The highest BCUT2D eigenvalue weighted by Crippen LogP contribution is 2.25. The molecule has 6 nitrogen and oxygen atoms in total. The molecular formula is C20H28Cl2N4O2. The maximum absolute atomic E-state index is 12.7. The van der Waals surface area contributed by atoms with Crippen LogP contribution in [0.3, 0.4) is 0 Å². The summed E-state index contributed by atoms with van der Waals surface area (Å²) in [4.78, 5) is 31.3. The molecule has 1 unspecified atom stereocenters. The minimum Gasteiger partial charge on any atom is -0.339 e. The van der Waals surface area contributed by atoms with Crippen molar-refractivity contribution in [1.82, 2.24) is 14.7 Å². The molecule has 1 aromatic carbocycles. The molecule has 28 heavy (non-hydrogen) atoms. The zero-order valence-electron chi connectivity index (χ0n) is 16.3. The summed E-state index contributed by atoms with van der Waals surface area (Å²) in [7, 11) is 0. The van der Waals surface area contributed by atoms with E-state index in [4.69, 9.17) is 23.2 Å². The maximum Gasteiger partial charge on any atom is 0.322 e. The fourth-order valence-corrected chi connectivity index (χ4v) is 4.16. The number of anilines is 1. The largest absolute Gasteiger partial charge is 0.339 e. The van der Waals surface area contributed by atoms with Gasteiger partial charge in [-0.25, -0.2) is 4.79 Å². The minimum absolute atomic E-state index is 0.00850. The summed E-state index contributed by atoms with van der Waals surface area (Å²) in [5.74, 6) is 0.00850. The molecule has 0 aliphatic carbocycles. The molecule has 0 aromatic heterocycles. The molecule has 3 rings (SSSR count). The van der Waals surface area contributed by atoms with Gasteiger partial charge in [0.15, 0.2) is 0 Å². The van der Waals surface area contributed by atoms with Gasteiger partial charge in [-0.3, -0.25) is 4.79 Å². The van der Waals surface area contributed by atoms with Crippen LogP contribution in [0.1, 0.15) is 32.6 Å². The first-order valence-corrected chi connectivity index (χ1v) is 10.7. The van der Waals surface area contributed by atoms with Crippen molar-refractivity contribution in [3.05, 3.63) is 28.2 Å². The molecule has 2 aliphatic rings. The summed E-state index contributed by atoms with van der Waals surface area (Å²) in [5, 5.41) is 3.61. The van der Waals surface area contributed by atoms with E-state index in [-0.39, 0.29) is 11.9 Å². The third-order valence-corrected chi connectivity index (χ3v) is 6.27. The number of hydrogen-bond donors (Lipinski definition) is 1. The average Bonchev–Trinajstić information content (AvgIpc) is 2.69. The quantitative estimate of drug-likeness (QED) is 0.775. The van der Waals surface area contributed by atoms with Crippen molar-refractivity contribution in [1.29, 1.82) is 0 Å². The molecule has 2 aliphatic heterocycles. The van der Waals surface area contributed by atoms with E-state index in [1.807, 2.05) is 4.90 Å². The zero-order chi connectivity index (χ0) is 20.1. The standard InChI is InChI=1S/C20H28Cl2N4O2/c1-15-19(27)25(11-5-10-24-8-3-2-4-9-24)12-13-26(15)20(28)23-16-6-7-17(21)18(22)14-16/h6-7,14-15H,2-5,8-13H2,1H3,(H,23,28). The minimum atomic E-state index is -0.480. The molecule has 1 N–H and O–H groups in total. The Morgan fingerprint density at radius 3 is 2.54 bits per heavy atom. The number of hydrogen-bond acceptors (Lipinski definition) is 3. The lowest BCUT2D eigenvalue weighted by Crippen LogP contribution is -2.58. The van der Waals surface area contributed by atoms with Crippen molar-refractivity contribution in [2.75, 3.05) is 44.6 Å². The van der Waals surface area contributed by atoms with E-state index in [1.54, 1.807) is 30.0 Å². The normalized spacial score (nSPS) is 21.1. The topological polar surface area (TPSA) is 55.9 Å². The van der Waals surface area contributed by atoms with Gasteiger partial charge in [-0.05, 0) is 64.0 Å². The van der Waals surface area contributed by atoms with Crippen molar-refractivity contribution >= 4 is 40.8 Å². The number of carbonyl (C=O) groups excluding carboxylic acids is 2. The van der Waals surface area contributed by atoms with Crippen LogP contribution in [0.25, 0.3) is 0 Å². The third-order valence-electron chi connectivity index (χ3n) is 5.53. The molecule has 0 spiro atoms. The van der Waals surface area contributed by atoms with E-state index >= 15 is 0 Å². The van der Waals surface area contributed by atoms with Crippen molar-refractivity contribution in [2.24, 2.45) is 0 Å². The molecule has 3 amide bonds. The Kier molecular flexibility index (Phi) is 7.43. The summed E-state index contributed by atoms with van der Waals surface area (Å²) in [6.45, 7) is 7.01. The number of likely N-dealkylation sites (tertiary alicyclic amines) is 1. The number of urea groups is 1. The second-order valence-electron chi connectivity index (χ2n) is 7.51. The Balaban J connectivity index is 1.48. The van der Waals surface area contributed by atoms with Crippen LogP contribution >= 0.6 is 23.2 Å². The van der Waals surface area contributed by atoms with Crippen molar-refractivity contribution in [3.8, 4) is 0 Å². The van der Waals surface area contributed by atoms with Crippen molar-refractivity contribution in [3.63, 3.8) is 0 Å². The molecule has 2 fully saturated rings. The summed E-state index contributed by atoms with van der Waals surface area (Å²) in [5.41, 5.74) is 0.558. The van der Waals surface area contributed by atoms with Crippen LogP contribution in [0, 0.1) is 0 Å². The zero-order valence-corrected chi connectivity index (χ0v) is 17.8. The van der Waals surface area contributed by atoms with E-state index < -0.39 is 6.04 Å². The number of carbonyl (C=O) groups is 2. The van der Waals surface area contributed by atoms with Crippen LogP contribution < -0.4 is 5.32 Å². The molecule has 0 radical (unpaired) electrons. The molecule has 8 heteroatoms. The van der Waals surface area contributed by atoms with E-state index in [1.165, 1.54) is 32.4 Å². The Bertz CT molecular complexity index is 709. The van der Waals surface area contributed by atoms with Gasteiger partial charge in [0.2, 0.25) is 5.91 Å². The van der Waals surface area contributed by atoms with Gasteiger partial charge in [0, 0.05) is 25.3 Å². The summed E-state index contributed by atoms with van der Waals surface area (Å²) < 4.78 is 0. The molecule has 0 saturated carbocycles. The van der Waals surface area contributed by atoms with Gasteiger partial charge >= 0.3 is 6.03 Å². The number of piperidine rings is 1. The van der Waals surface area contributed by atoms with Gasteiger partial charge in [0.1, 0.15) is 6.04 Å². The first-order chi connectivity index (χ1) is 13.5. The monoisotopic (exact) mass is 426 g/mol. The summed E-state index contributed by atoms with van der Waals surface area (Å²) in [6.07, 6.45) is 4.87. The predicted octanol–water partition coefficient (Wildman–Crippen LogP) is 3.93. The van der Waals surface area contributed by atoms with Gasteiger partial charge in [0.25, 0.3) is 0 Å². The van der Waals surface area contributed by atoms with Crippen LogP contribution in [0.2, 0.25) is 10.0 Å². The van der Waals surface area contributed by atoms with Crippen molar-refractivity contribution in [2.45, 2.75) is 38.6 Å². The molecule has 1 atom stereocenters. The van der Waals surface area contributed by atoms with Gasteiger partial charge in [-0.1, -0.05) is 29.6 Å². The highest BCUT2D eigenvalue weighted by molar-refractivity contribution is 6.42. The number of piperazine rings is 1. The number of benzene rings is 1. The lowest BCUT2D eigenvalue weighted by Gasteiger charge is -2.39. The Morgan fingerprint density at radius 1 is 1.07 bits per heavy atom. The Hall–Kier alpha value is -1.50. The third kappa shape index (κ3) is 5.31. The molecule has 1 aromatic rings. The maximum atomic E-state index is 12.7. The SMILES string of the molecule is CC1C(=O)N(CCCN2CCCCC2)CCN1C(=O)Nc1ccc(Cl)c(Cl)c1. The summed E-state index contributed by atoms with van der Waals surface area (Å²) >= 11 is 11.9. The highest BCUT2D eigenvalue weighted by atomic mass is 35.5. The van der Waals surface area contributed by atoms with Crippen LogP contribution in [0.5, 0.6) is 0 Å². The first kappa shape index (κ1) is 21.2.